The van der Waals surface area contributed by atoms with Crippen molar-refractivity contribution in [2.45, 2.75) is 6.61 Å². The fraction of sp³-hybridized carbons (Fsp3) is 0.214. The van der Waals surface area contributed by atoms with E-state index in [0.29, 0.717) is 31.5 Å². The number of ether oxygens (including phenoxy) is 2. The molecule has 0 amide bonds. The van der Waals surface area contributed by atoms with Crippen molar-refractivity contribution in [3.63, 3.8) is 0 Å². The first-order valence-corrected chi connectivity index (χ1v) is 5.85. The van der Waals surface area contributed by atoms with Crippen molar-refractivity contribution in [3.05, 3.63) is 54.1 Å². The van der Waals surface area contributed by atoms with Crippen molar-refractivity contribution in [2.75, 3.05) is 13.2 Å². The Morgan fingerprint density at radius 2 is 1.61 bits per heavy atom. The summed E-state index contributed by atoms with van der Waals surface area (Å²) in [5.74, 6) is 1.08. The number of rotatable bonds is 6. The molecule has 18 heavy (non-hydrogen) atoms. The normalized spacial score (nSPS) is 10.1. The summed E-state index contributed by atoms with van der Waals surface area (Å²) in [6.07, 6.45) is 0. The fourth-order valence-corrected chi connectivity index (χ4v) is 1.45. The number of hydrogen-bond acceptors (Lipinski definition) is 4. The zero-order valence-corrected chi connectivity index (χ0v) is 10.1. The predicted molar refractivity (Wildman–Crippen MR) is 69.6 cm³/mol. The van der Waals surface area contributed by atoms with Crippen molar-refractivity contribution >= 4 is 0 Å². The minimum Gasteiger partial charge on any atom is -0.476 e. The number of hydrogen-bond donors (Lipinski definition) is 1. The molecular weight excluding hydrogens is 228 g/mol. The summed E-state index contributed by atoms with van der Waals surface area (Å²) in [4.78, 5) is 4.23. The third kappa shape index (κ3) is 3.75. The molecule has 2 rings (SSSR count). The Morgan fingerprint density at radius 3 is 2.33 bits per heavy atom. The highest BCUT2D eigenvalue weighted by atomic mass is 16.5. The van der Waals surface area contributed by atoms with E-state index in [2.05, 4.69) is 4.98 Å². The van der Waals surface area contributed by atoms with Crippen molar-refractivity contribution in [1.82, 2.24) is 4.98 Å². The Labute approximate surface area is 106 Å². The van der Waals surface area contributed by atoms with Crippen molar-refractivity contribution in [1.29, 1.82) is 0 Å². The molecule has 0 saturated heterocycles. The number of pyridine rings is 1. The first-order chi connectivity index (χ1) is 8.88. The second kappa shape index (κ2) is 6.61. The summed E-state index contributed by atoms with van der Waals surface area (Å²) in [5, 5.41) is 0. The monoisotopic (exact) mass is 244 g/mol. The molecule has 0 aliphatic carbocycles. The Bertz CT molecular complexity index is 474. The van der Waals surface area contributed by atoms with Crippen LogP contribution in [-0.4, -0.2) is 18.1 Å². The molecule has 0 aliphatic rings. The number of nitrogens with zero attached hydrogens (tertiary/aromatic N) is 1. The highest BCUT2D eigenvalue weighted by molar-refractivity contribution is 5.21. The molecule has 0 bridgehead atoms. The van der Waals surface area contributed by atoms with Gasteiger partial charge in [0.15, 0.2) is 0 Å². The van der Waals surface area contributed by atoms with Crippen LogP contribution in [0.2, 0.25) is 0 Å². The van der Waals surface area contributed by atoms with E-state index in [1.54, 1.807) is 12.1 Å². The van der Waals surface area contributed by atoms with E-state index in [1.807, 2.05) is 36.4 Å². The van der Waals surface area contributed by atoms with Crippen LogP contribution < -0.4 is 15.2 Å². The average molecular weight is 244 g/mol. The summed E-state index contributed by atoms with van der Waals surface area (Å²) in [7, 11) is 0. The maximum Gasteiger partial charge on any atom is 0.216 e. The summed E-state index contributed by atoms with van der Waals surface area (Å²) in [6.45, 7) is 1.42. The van der Waals surface area contributed by atoms with Crippen molar-refractivity contribution in [2.24, 2.45) is 5.73 Å². The zero-order valence-electron chi connectivity index (χ0n) is 10.1. The molecule has 1 heterocycles. The smallest absolute Gasteiger partial charge is 0.216 e. The Kier molecular flexibility index (Phi) is 4.55. The van der Waals surface area contributed by atoms with Gasteiger partial charge in [-0.2, -0.15) is 4.98 Å². The van der Waals surface area contributed by atoms with E-state index in [9.17, 15) is 0 Å². The molecule has 94 valence electrons. The second-order valence-electron chi connectivity index (χ2n) is 3.73. The predicted octanol–water partition coefficient (Wildman–Crippen LogP) is 2.00. The van der Waals surface area contributed by atoms with Crippen LogP contribution in [0.3, 0.4) is 0 Å². The molecule has 2 N–H and O–H groups in total. The highest BCUT2D eigenvalue weighted by Gasteiger charge is 2.00. The van der Waals surface area contributed by atoms with Gasteiger partial charge in [0.2, 0.25) is 11.8 Å². The van der Waals surface area contributed by atoms with E-state index in [0.717, 1.165) is 5.56 Å². The number of nitrogens with two attached hydrogens (primary N) is 1. The van der Waals surface area contributed by atoms with Crippen LogP contribution in [0.1, 0.15) is 5.56 Å². The van der Waals surface area contributed by atoms with Crippen LogP contribution in [0.4, 0.5) is 0 Å². The molecule has 1 aromatic heterocycles. The van der Waals surface area contributed by atoms with Crippen LogP contribution in [0.5, 0.6) is 11.8 Å². The van der Waals surface area contributed by atoms with Gasteiger partial charge in [0.25, 0.3) is 0 Å². The van der Waals surface area contributed by atoms with Gasteiger partial charge in [0.1, 0.15) is 13.2 Å². The van der Waals surface area contributed by atoms with Crippen molar-refractivity contribution in [3.8, 4) is 11.8 Å². The lowest BCUT2D eigenvalue weighted by Gasteiger charge is -2.07. The minimum atomic E-state index is 0.454. The molecule has 0 spiro atoms. The third-order valence-corrected chi connectivity index (χ3v) is 2.30. The van der Waals surface area contributed by atoms with Gasteiger partial charge < -0.3 is 15.2 Å². The van der Waals surface area contributed by atoms with Gasteiger partial charge in [-0.3, -0.25) is 0 Å². The lowest BCUT2D eigenvalue weighted by atomic mass is 10.2. The summed E-state index contributed by atoms with van der Waals surface area (Å²) in [5.41, 5.74) is 6.47. The summed E-state index contributed by atoms with van der Waals surface area (Å²) < 4.78 is 10.9. The molecule has 4 heteroatoms. The van der Waals surface area contributed by atoms with Gasteiger partial charge in [-0.1, -0.05) is 36.4 Å². The molecule has 1 aromatic carbocycles. The maximum absolute atomic E-state index is 5.59. The molecule has 0 atom stereocenters. The molecule has 0 aliphatic heterocycles. The standard InChI is InChI=1S/C14H16N2O2/c15-9-10-17-13-7-4-8-14(16-13)18-11-12-5-2-1-3-6-12/h1-8H,9-11,15H2. The zero-order chi connectivity index (χ0) is 12.6. The molecule has 4 nitrogen and oxygen atoms in total. The van der Waals surface area contributed by atoms with E-state index in [4.69, 9.17) is 15.2 Å². The van der Waals surface area contributed by atoms with Crippen LogP contribution in [0.25, 0.3) is 0 Å². The molecule has 0 unspecified atom stereocenters. The van der Waals surface area contributed by atoms with Gasteiger partial charge >= 0.3 is 0 Å². The largest absolute Gasteiger partial charge is 0.476 e. The van der Waals surface area contributed by atoms with Gasteiger partial charge in [-0.15, -0.1) is 0 Å². The van der Waals surface area contributed by atoms with Gasteiger partial charge in [0, 0.05) is 18.7 Å². The van der Waals surface area contributed by atoms with Gasteiger partial charge in [0.05, 0.1) is 0 Å². The van der Waals surface area contributed by atoms with E-state index >= 15 is 0 Å². The second-order valence-corrected chi connectivity index (χ2v) is 3.73. The van der Waals surface area contributed by atoms with E-state index in [1.165, 1.54) is 0 Å². The molecular formula is C14H16N2O2. The SMILES string of the molecule is NCCOc1cccc(OCc2ccccc2)n1. The minimum absolute atomic E-state index is 0.454. The number of benzene rings is 1. The number of aromatic nitrogens is 1. The Hall–Kier alpha value is -2.07. The first kappa shape index (κ1) is 12.4. The van der Waals surface area contributed by atoms with E-state index < -0.39 is 0 Å². The molecule has 0 fully saturated rings. The van der Waals surface area contributed by atoms with Crippen LogP contribution in [0.15, 0.2) is 48.5 Å². The summed E-state index contributed by atoms with van der Waals surface area (Å²) in [6, 6.07) is 15.4. The Balaban J connectivity index is 1.93. The topological polar surface area (TPSA) is 57.4 Å². The van der Waals surface area contributed by atoms with Crippen LogP contribution in [-0.2, 0) is 6.61 Å². The fourth-order valence-electron chi connectivity index (χ4n) is 1.45. The molecule has 2 aromatic rings. The Morgan fingerprint density at radius 1 is 0.889 bits per heavy atom. The van der Waals surface area contributed by atoms with Gasteiger partial charge in [-0.05, 0) is 5.56 Å². The quantitative estimate of drug-likeness (QED) is 0.844. The molecule has 0 radical (unpaired) electrons. The lowest BCUT2D eigenvalue weighted by Crippen LogP contribution is -2.11. The lowest BCUT2D eigenvalue weighted by molar-refractivity contribution is 0.276. The highest BCUT2D eigenvalue weighted by Crippen LogP contribution is 2.14. The van der Waals surface area contributed by atoms with Crippen LogP contribution >= 0.6 is 0 Å². The van der Waals surface area contributed by atoms with Gasteiger partial charge in [-0.25, -0.2) is 0 Å². The summed E-state index contributed by atoms with van der Waals surface area (Å²) >= 11 is 0. The average Bonchev–Trinajstić information content (AvgIpc) is 2.44. The van der Waals surface area contributed by atoms with Crippen molar-refractivity contribution < 1.29 is 9.47 Å². The first-order valence-electron chi connectivity index (χ1n) is 5.85. The van der Waals surface area contributed by atoms with E-state index in [-0.39, 0.29) is 0 Å². The molecule has 0 saturated carbocycles. The third-order valence-electron chi connectivity index (χ3n) is 2.30. The maximum atomic E-state index is 5.59. The van der Waals surface area contributed by atoms with Crippen LogP contribution in [0, 0.1) is 0 Å².